The Kier molecular flexibility index (Phi) is 7.51. The Bertz CT molecular complexity index is 775. The summed E-state index contributed by atoms with van der Waals surface area (Å²) in [7, 11) is 1.53. The zero-order valence-electron chi connectivity index (χ0n) is 15.2. The minimum absolute atomic E-state index is 0.166. The molecule has 0 aromatic heterocycles. The number of ether oxygens (including phenoxy) is 2. The van der Waals surface area contributed by atoms with Gasteiger partial charge in [-0.25, -0.2) is 5.43 Å². The summed E-state index contributed by atoms with van der Waals surface area (Å²) >= 11 is 0. The molecule has 0 radical (unpaired) electrons. The van der Waals surface area contributed by atoms with E-state index in [1.165, 1.54) is 7.11 Å². The van der Waals surface area contributed by atoms with E-state index >= 15 is 0 Å². The molecule has 1 amide bonds. The molecule has 0 saturated heterocycles. The van der Waals surface area contributed by atoms with E-state index in [1.807, 2.05) is 0 Å². The lowest BCUT2D eigenvalue weighted by molar-refractivity contribution is -0.145. The molecule has 0 spiro atoms. The van der Waals surface area contributed by atoms with Crippen molar-refractivity contribution in [3.63, 3.8) is 0 Å². The van der Waals surface area contributed by atoms with Crippen molar-refractivity contribution in [1.29, 1.82) is 0 Å². The minimum atomic E-state index is -1.01. The molecule has 2 aromatic rings. The maximum Gasteiger partial charge on any atom is 0.325 e. The quantitative estimate of drug-likeness (QED) is 0.399. The molecule has 2 rings (SSSR count). The number of carbonyl (C=O) groups is 3. The molecule has 0 saturated carbocycles. The number of hydrogen-bond donors (Lipinski definition) is 2. The van der Waals surface area contributed by atoms with Crippen LogP contribution in [0.1, 0.15) is 34.1 Å². The molecule has 7 heteroatoms. The summed E-state index contributed by atoms with van der Waals surface area (Å²) in [6.07, 6.45) is -0.166. The number of benzene rings is 2. The average Bonchev–Trinajstić information content (AvgIpc) is 2.71. The van der Waals surface area contributed by atoms with Crippen molar-refractivity contribution < 1.29 is 23.9 Å². The smallest absolute Gasteiger partial charge is 0.325 e. The number of hydrogen-bond acceptors (Lipinski definition) is 6. The summed E-state index contributed by atoms with van der Waals surface area (Å²) in [5, 5.41) is 0. The zero-order chi connectivity index (χ0) is 19.6. The van der Waals surface area contributed by atoms with E-state index in [0.717, 1.165) is 0 Å². The minimum Gasteiger partial charge on any atom is -0.497 e. The van der Waals surface area contributed by atoms with Crippen molar-refractivity contribution in [2.75, 3.05) is 13.7 Å². The van der Waals surface area contributed by atoms with Crippen molar-refractivity contribution in [2.24, 2.45) is 0 Å². The van der Waals surface area contributed by atoms with Gasteiger partial charge in [-0.2, -0.15) is 0 Å². The van der Waals surface area contributed by atoms with E-state index in [4.69, 9.17) is 9.47 Å². The standard InChI is InChI=1S/C20H22N2O5/c1-3-27-20(25)17(21-22-19(24)15-7-5-4-6-8-15)13-18(23)14-9-11-16(26-2)12-10-14/h4-12,17,21H,3,13H2,1-2H3,(H,22,24)/t17-/m1/s1. The van der Waals surface area contributed by atoms with E-state index in [9.17, 15) is 14.4 Å². The third-order valence-electron chi connectivity index (χ3n) is 3.77. The summed E-state index contributed by atoms with van der Waals surface area (Å²) in [6.45, 7) is 1.84. The van der Waals surface area contributed by atoms with Gasteiger partial charge in [-0.15, -0.1) is 0 Å². The van der Waals surface area contributed by atoms with Gasteiger partial charge in [-0.3, -0.25) is 19.8 Å². The van der Waals surface area contributed by atoms with Gasteiger partial charge in [0.2, 0.25) is 0 Å². The summed E-state index contributed by atoms with van der Waals surface area (Å²) in [4.78, 5) is 36.8. The molecule has 0 aliphatic rings. The highest BCUT2D eigenvalue weighted by Crippen LogP contribution is 2.14. The van der Waals surface area contributed by atoms with Crippen LogP contribution in [0.2, 0.25) is 0 Å². The van der Waals surface area contributed by atoms with Crippen LogP contribution in [0.5, 0.6) is 5.75 Å². The number of amides is 1. The second-order valence-corrected chi connectivity index (χ2v) is 5.62. The number of methoxy groups -OCH3 is 1. The van der Waals surface area contributed by atoms with E-state index < -0.39 is 17.9 Å². The normalized spacial score (nSPS) is 11.3. The van der Waals surface area contributed by atoms with Crippen molar-refractivity contribution in [1.82, 2.24) is 10.9 Å². The summed E-state index contributed by atoms with van der Waals surface area (Å²) < 4.78 is 10.1. The Labute approximate surface area is 157 Å². The molecule has 0 fully saturated rings. The van der Waals surface area contributed by atoms with Crippen LogP contribution in [0, 0.1) is 0 Å². The molecule has 2 N–H and O–H groups in total. The van der Waals surface area contributed by atoms with Gasteiger partial charge in [0, 0.05) is 17.5 Å². The lowest BCUT2D eigenvalue weighted by atomic mass is 10.0. The van der Waals surface area contributed by atoms with E-state index in [-0.39, 0.29) is 18.8 Å². The van der Waals surface area contributed by atoms with Crippen LogP contribution in [-0.4, -0.2) is 37.4 Å². The summed E-state index contributed by atoms with van der Waals surface area (Å²) in [6, 6.07) is 14.1. The number of esters is 1. The van der Waals surface area contributed by atoms with Crippen LogP contribution in [0.4, 0.5) is 0 Å². The van der Waals surface area contributed by atoms with Crippen LogP contribution in [-0.2, 0) is 9.53 Å². The third-order valence-corrected chi connectivity index (χ3v) is 3.77. The summed E-state index contributed by atoms with van der Waals surface area (Å²) in [5.41, 5.74) is 5.91. The van der Waals surface area contributed by atoms with E-state index in [2.05, 4.69) is 10.9 Å². The van der Waals surface area contributed by atoms with Gasteiger partial charge >= 0.3 is 5.97 Å². The Morgan fingerprint density at radius 1 is 0.963 bits per heavy atom. The number of carbonyl (C=O) groups excluding carboxylic acids is 3. The topological polar surface area (TPSA) is 93.7 Å². The Morgan fingerprint density at radius 2 is 1.63 bits per heavy atom. The molecule has 0 bridgehead atoms. The molecule has 0 unspecified atom stereocenters. The Morgan fingerprint density at radius 3 is 2.22 bits per heavy atom. The van der Waals surface area contributed by atoms with Crippen LogP contribution in [0.15, 0.2) is 54.6 Å². The van der Waals surface area contributed by atoms with Crippen LogP contribution >= 0.6 is 0 Å². The molecule has 7 nitrogen and oxygen atoms in total. The van der Waals surface area contributed by atoms with Crippen LogP contribution in [0.25, 0.3) is 0 Å². The lowest BCUT2D eigenvalue weighted by Crippen LogP contribution is -2.49. The fourth-order valence-electron chi connectivity index (χ4n) is 2.33. The second kappa shape index (κ2) is 10.1. The first kappa shape index (κ1) is 20.1. The van der Waals surface area contributed by atoms with Crippen molar-refractivity contribution in [3.8, 4) is 5.75 Å². The largest absolute Gasteiger partial charge is 0.497 e. The first-order chi connectivity index (χ1) is 13.0. The monoisotopic (exact) mass is 370 g/mol. The molecular weight excluding hydrogens is 348 g/mol. The van der Waals surface area contributed by atoms with Crippen molar-refractivity contribution in [3.05, 3.63) is 65.7 Å². The zero-order valence-corrected chi connectivity index (χ0v) is 15.2. The van der Waals surface area contributed by atoms with Crippen LogP contribution < -0.4 is 15.6 Å². The number of nitrogens with one attached hydrogen (secondary N) is 2. The number of rotatable bonds is 9. The maximum absolute atomic E-state index is 12.5. The highest BCUT2D eigenvalue weighted by Gasteiger charge is 2.24. The number of ketones is 1. The molecule has 27 heavy (non-hydrogen) atoms. The average molecular weight is 370 g/mol. The Balaban J connectivity index is 2.03. The molecule has 0 aliphatic heterocycles. The van der Waals surface area contributed by atoms with Gasteiger partial charge in [0.1, 0.15) is 11.8 Å². The van der Waals surface area contributed by atoms with Gasteiger partial charge < -0.3 is 9.47 Å². The van der Waals surface area contributed by atoms with E-state index in [0.29, 0.717) is 16.9 Å². The van der Waals surface area contributed by atoms with Gasteiger partial charge in [0.25, 0.3) is 5.91 Å². The highest BCUT2D eigenvalue weighted by atomic mass is 16.5. The molecule has 142 valence electrons. The molecule has 1 atom stereocenters. The number of hydrazine groups is 1. The first-order valence-corrected chi connectivity index (χ1v) is 8.50. The lowest BCUT2D eigenvalue weighted by Gasteiger charge is -2.17. The molecule has 0 aliphatic carbocycles. The number of Topliss-reactive ketones (excluding diaryl/α,β-unsaturated/α-hetero) is 1. The second-order valence-electron chi connectivity index (χ2n) is 5.62. The third kappa shape index (κ3) is 5.93. The predicted molar refractivity (Wildman–Crippen MR) is 99.4 cm³/mol. The van der Waals surface area contributed by atoms with Crippen molar-refractivity contribution >= 4 is 17.7 Å². The molecule has 0 heterocycles. The van der Waals surface area contributed by atoms with Gasteiger partial charge in [-0.05, 0) is 43.3 Å². The Hall–Kier alpha value is -3.19. The SMILES string of the molecule is CCOC(=O)[C@@H](CC(=O)c1ccc(OC)cc1)NNC(=O)c1ccccc1. The highest BCUT2D eigenvalue weighted by molar-refractivity contribution is 5.99. The van der Waals surface area contributed by atoms with Crippen molar-refractivity contribution in [2.45, 2.75) is 19.4 Å². The van der Waals surface area contributed by atoms with Crippen LogP contribution in [0.3, 0.4) is 0 Å². The molecular formula is C20H22N2O5. The molecule has 2 aromatic carbocycles. The first-order valence-electron chi connectivity index (χ1n) is 8.50. The fourth-order valence-corrected chi connectivity index (χ4v) is 2.33. The van der Waals surface area contributed by atoms with Gasteiger partial charge in [0.15, 0.2) is 5.78 Å². The van der Waals surface area contributed by atoms with Gasteiger partial charge in [0.05, 0.1) is 13.7 Å². The summed E-state index contributed by atoms with van der Waals surface area (Å²) in [5.74, 6) is -0.673. The fraction of sp³-hybridized carbons (Fsp3) is 0.250. The maximum atomic E-state index is 12.5. The predicted octanol–water partition coefficient (Wildman–Crippen LogP) is 2.13. The van der Waals surface area contributed by atoms with Gasteiger partial charge in [-0.1, -0.05) is 18.2 Å². The van der Waals surface area contributed by atoms with E-state index in [1.54, 1.807) is 61.5 Å².